The first-order chi connectivity index (χ1) is 18.1. The third kappa shape index (κ3) is 8.88. The van der Waals surface area contributed by atoms with E-state index in [0.29, 0.717) is 0 Å². The third-order valence-corrected chi connectivity index (χ3v) is 10.0. The van der Waals surface area contributed by atoms with Gasteiger partial charge in [0.15, 0.2) is 16.3 Å². The van der Waals surface area contributed by atoms with Gasteiger partial charge in [-0.1, -0.05) is 54.6 Å². The van der Waals surface area contributed by atoms with Crippen LogP contribution in [0.2, 0.25) is 0 Å². The van der Waals surface area contributed by atoms with Gasteiger partial charge in [0.25, 0.3) is 0 Å². The number of alkyl halides is 3. The summed E-state index contributed by atoms with van der Waals surface area (Å²) in [5.41, 5.74) is -4.30. The summed E-state index contributed by atoms with van der Waals surface area (Å²) in [5.74, 6) is 0. The van der Waals surface area contributed by atoms with Crippen molar-refractivity contribution in [1.82, 2.24) is 0 Å². The molecule has 0 fully saturated rings. The van der Waals surface area contributed by atoms with Crippen LogP contribution in [0.3, 0.4) is 0 Å². The van der Waals surface area contributed by atoms with Crippen molar-refractivity contribution in [2.24, 2.45) is 7.05 Å². The fraction of sp³-hybridized carbons (Fsp3) is 0.0800. The van der Waals surface area contributed by atoms with E-state index in [4.69, 9.17) is 13.0 Å². The molecule has 39 heavy (non-hydrogen) atoms. The highest BCUT2D eigenvalue weighted by Crippen LogP contribution is 2.53. The van der Waals surface area contributed by atoms with Crippen LogP contribution in [0.1, 0.15) is 0 Å². The van der Waals surface area contributed by atoms with Gasteiger partial charge in [-0.05, 0) is 42.5 Å². The van der Waals surface area contributed by atoms with Crippen LogP contribution in [-0.2, 0) is 17.2 Å². The molecule has 0 saturated heterocycles. The lowest BCUT2D eigenvalue weighted by Gasteiger charge is -2.24. The van der Waals surface area contributed by atoms with E-state index in [1.165, 1.54) is 21.3 Å². The van der Waals surface area contributed by atoms with Crippen LogP contribution in [0, 0.1) is 0 Å². The summed E-state index contributed by atoms with van der Waals surface area (Å²) in [4.78, 5) is 0. The summed E-state index contributed by atoms with van der Waals surface area (Å²) >= 11 is 0. The molecule has 0 spiro atoms. The molecular weight excluding hydrogens is 569 g/mol. The Hall–Kier alpha value is -3.28. The number of benzene rings is 3. The van der Waals surface area contributed by atoms with Crippen LogP contribution >= 0.6 is 7.26 Å². The molecule has 0 aliphatic carbocycles. The summed E-state index contributed by atoms with van der Waals surface area (Å²) in [7, 11) is -11.9. The molecule has 0 N–H and O–H groups in total. The molecule has 0 unspecified atom stereocenters. The average Bonchev–Trinajstić information content (AvgIpc) is 2.86. The first kappa shape index (κ1) is 31.9. The summed E-state index contributed by atoms with van der Waals surface area (Å²) in [6.07, 6.45) is 2.15. The Morgan fingerprint density at radius 3 is 1.21 bits per heavy atom. The van der Waals surface area contributed by atoms with E-state index in [2.05, 4.69) is 127 Å². The van der Waals surface area contributed by atoms with Crippen molar-refractivity contribution in [3.05, 3.63) is 115 Å². The molecule has 208 valence electrons. The van der Waals surface area contributed by atoms with Crippen LogP contribution in [0.5, 0.6) is 0 Å². The monoisotopic (exact) mass is 591 g/mol. The first-order valence-corrected chi connectivity index (χ1v) is 14.2. The molecular formula is C25H22BF7NO3PS. The molecule has 14 heteroatoms. The van der Waals surface area contributed by atoms with Crippen molar-refractivity contribution in [2.75, 3.05) is 0 Å². The average molecular weight is 591 g/mol. The maximum absolute atomic E-state index is 10.7. The van der Waals surface area contributed by atoms with Crippen molar-refractivity contribution < 1.29 is 48.0 Å². The number of hydrogen-bond acceptors (Lipinski definition) is 3. The highest BCUT2D eigenvalue weighted by Gasteiger charge is 2.53. The molecule has 4 rings (SSSR count). The van der Waals surface area contributed by atoms with Gasteiger partial charge in [0, 0.05) is 12.1 Å². The normalized spacial score (nSPS) is 11.9. The summed E-state index contributed by atoms with van der Waals surface area (Å²) < 4.78 is 100. The smallest absolute Gasteiger partial charge is 0.673 e. The van der Waals surface area contributed by atoms with E-state index in [1.54, 1.807) is 0 Å². The highest BCUT2D eigenvalue weighted by atomic mass is 32.2. The minimum absolute atomic E-state index is 1.35. The zero-order valence-electron chi connectivity index (χ0n) is 20.2. The fourth-order valence-electron chi connectivity index (χ4n) is 3.66. The molecule has 4 nitrogen and oxygen atoms in total. The van der Waals surface area contributed by atoms with E-state index < -0.39 is 30.1 Å². The zero-order chi connectivity index (χ0) is 29.3. The minimum Gasteiger partial charge on any atom is -0.741 e. The van der Waals surface area contributed by atoms with Crippen molar-refractivity contribution >= 4 is 46.0 Å². The molecule has 0 aliphatic heterocycles. The maximum atomic E-state index is 10.7. The Bertz CT molecular complexity index is 1320. The Balaban J connectivity index is 0.000000343. The number of pyridine rings is 1. The van der Waals surface area contributed by atoms with Gasteiger partial charge >= 0.3 is 18.2 Å². The van der Waals surface area contributed by atoms with Crippen LogP contribution < -0.4 is 25.9 Å². The van der Waals surface area contributed by atoms with Gasteiger partial charge in [0.05, 0.1) is 0 Å². The Labute approximate surface area is 222 Å². The topological polar surface area (TPSA) is 61.1 Å². The van der Waals surface area contributed by atoms with Crippen molar-refractivity contribution in [1.29, 1.82) is 0 Å². The number of halogens is 7. The van der Waals surface area contributed by atoms with E-state index in [0.717, 1.165) is 0 Å². The van der Waals surface area contributed by atoms with Gasteiger partial charge in [-0.15, -0.1) is 0 Å². The second kappa shape index (κ2) is 13.2. The van der Waals surface area contributed by atoms with E-state index in [9.17, 15) is 30.4 Å². The molecule has 3 aromatic carbocycles. The van der Waals surface area contributed by atoms with Crippen molar-refractivity contribution in [3.63, 3.8) is 0 Å². The highest BCUT2D eigenvalue weighted by molar-refractivity contribution is 8.01. The van der Waals surface area contributed by atoms with Gasteiger partial charge < -0.3 is 21.8 Å². The van der Waals surface area contributed by atoms with E-state index in [-0.39, 0.29) is 0 Å². The summed E-state index contributed by atoms with van der Waals surface area (Å²) in [5, 5.41) is 4.12. The largest absolute Gasteiger partial charge is 0.741 e. The van der Waals surface area contributed by atoms with Gasteiger partial charge in [-0.2, -0.15) is 17.7 Å². The zero-order valence-corrected chi connectivity index (χ0v) is 21.9. The lowest BCUT2D eigenvalue weighted by molar-refractivity contribution is -0.653. The van der Waals surface area contributed by atoms with Gasteiger partial charge in [-0.25, -0.2) is 8.42 Å². The minimum atomic E-state index is -6.09. The van der Waals surface area contributed by atoms with Crippen molar-refractivity contribution in [2.45, 2.75) is 5.51 Å². The second-order valence-corrected chi connectivity index (χ2v) is 12.5. The van der Waals surface area contributed by atoms with Crippen LogP contribution in [0.25, 0.3) is 0 Å². The van der Waals surface area contributed by atoms with Gasteiger partial charge in [0.1, 0.15) is 23.0 Å². The molecule has 0 aliphatic rings. The Kier molecular flexibility index (Phi) is 10.8. The lowest BCUT2D eigenvalue weighted by Crippen LogP contribution is -2.53. The molecule has 4 aromatic rings. The van der Waals surface area contributed by atoms with Crippen LogP contribution in [0.15, 0.2) is 115 Å². The second-order valence-electron chi connectivity index (χ2n) is 7.74. The standard InChI is InChI=1S/C24H22NP.CHF3O3S.BF4/c1-25-20-12-11-19-24(25)26(21-13-5-2-6-14-21,22-15-7-3-8-16-22)23-17-9-4-10-18-23;2-1(3,4)8(5,6)7;2-1(3,4)5/h2-20H,1H3;(H,5,6,7);/q+2;;-1/p-1. The fourth-order valence-corrected chi connectivity index (χ4v) is 8.06. The molecule has 0 bridgehead atoms. The number of aromatic nitrogens is 1. The summed E-state index contributed by atoms with van der Waals surface area (Å²) in [6, 6.07) is 39.4. The molecule has 1 heterocycles. The molecule has 0 saturated carbocycles. The predicted molar refractivity (Wildman–Crippen MR) is 138 cm³/mol. The van der Waals surface area contributed by atoms with Gasteiger partial charge in [-0.3, -0.25) is 0 Å². The van der Waals surface area contributed by atoms with Crippen LogP contribution in [-0.4, -0.2) is 25.7 Å². The number of nitrogens with zero attached hydrogens (tertiary/aromatic N) is 1. The molecule has 1 aromatic heterocycles. The SMILES string of the molecule is C[n+]1ccccc1[P+](c1ccccc1)(c1ccccc1)c1ccccc1.F[B-](F)(F)F.O=S(=O)([O-])C(F)(F)F. The number of aryl methyl sites for hydroxylation is 1. The van der Waals surface area contributed by atoms with Crippen LogP contribution in [0.4, 0.5) is 30.4 Å². The number of hydrogen-bond donors (Lipinski definition) is 0. The summed E-state index contributed by atoms with van der Waals surface area (Å²) in [6.45, 7) is 0. The van der Waals surface area contributed by atoms with E-state index in [1.807, 2.05) is 0 Å². The van der Waals surface area contributed by atoms with Gasteiger partial charge in [0.2, 0.25) is 7.26 Å². The maximum Gasteiger partial charge on any atom is 0.673 e. The molecule has 0 amide bonds. The lowest BCUT2D eigenvalue weighted by atomic mass is 10.3. The van der Waals surface area contributed by atoms with Crippen molar-refractivity contribution in [3.8, 4) is 0 Å². The first-order valence-electron chi connectivity index (χ1n) is 11.0. The predicted octanol–water partition coefficient (Wildman–Crippen LogP) is 4.48. The number of rotatable bonds is 4. The Morgan fingerprint density at radius 1 is 0.667 bits per heavy atom. The quantitative estimate of drug-likeness (QED) is 0.0879. The molecule has 0 atom stereocenters. The Morgan fingerprint density at radius 2 is 0.949 bits per heavy atom. The van der Waals surface area contributed by atoms with E-state index >= 15 is 0 Å². The third-order valence-electron chi connectivity index (χ3n) is 5.09. The molecule has 0 radical (unpaired) electrons.